The molecule has 1 aliphatic rings. The Balaban J connectivity index is 1.93. The molecule has 0 aromatic heterocycles. The molecule has 0 radical (unpaired) electrons. The molecule has 0 spiro atoms. The van der Waals surface area contributed by atoms with E-state index in [0.717, 1.165) is 6.07 Å². The van der Waals surface area contributed by atoms with Gasteiger partial charge in [0, 0.05) is 25.6 Å². The molecule has 1 aliphatic heterocycles. The van der Waals surface area contributed by atoms with Crippen LogP contribution >= 0.6 is 12.6 Å². The van der Waals surface area contributed by atoms with Gasteiger partial charge in [0.1, 0.15) is 11.6 Å². The van der Waals surface area contributed by atoms with Crippen LogP contribution in [-0.4, -0.2) is 29.6 Å². The highest BCUT2D eigenvalue weighted by Gasteiger charge is 2.27. The van der Waals surface area contributed by atoms with Crippen molar-refractivity contribution >= 4 is 18.5 Å². The minimum Gasteiger partial charge on any atom is -0.342 e. The summed E-state index contributed by atoms with van der Waals surface area (Å²) in [6.45, 7) is 1.20. The van der Waals surface area contributed by atoms with Crippen molar-refractivity contribution in [2.24, 2.45) is 5.92 Å². The molecular formula is C13H15F2NOS. The van der Waals surface area contributed by atoms with Gasteiger partial charge in [0.25, 0.3) is 0 Å². The molecule has 2 rings (SSSR count). The summed E-state index contributed by atoms with van der Waals surface area (Å²) >= 11 is 4.18. The van der Waals surface area contributed by atoms with Crippen LogP contribution in [0.4, 0.5) is 8.78 Å². The fourth-order valence-corrected chi connectivity index (χ4v) is 2.46. The number of hydrogen-bond donors (Lipinski definition) is 1. The van der Waals surface area contributed by atoms with Crippen molar-refractivity contribution in [1.82, 2.24) is 4.90 Å². The first-order valence-corrected chi connectivity index (χ1v) is 6.55. The molecule has 1 aromatic carbocycles. The van der Waals surface area contributed by atoms with Crippen LogP contribution < -0.4 is 0 Å². The highest BCUT2D eigenvalue weighted by molar-refractivity contribution is 7.80. The van der Waals surface area contributed by atoms with Gasteiger partial charge in [0.15, 0.2) is 0 Å². The Hall–Kier alpha value is -1.10. The molecular weight excluding hydrogens is 256 g/mol. The third-order valence-electron chi connectivity index (χ3n) is 3.15. The second-order valence-corrected chi connectivity index (χ2v) is 4.99. The number of rotatable bonds is 4. The highest BCUT2D eigenvalue weighted by Crippen LogP contribution is 2.19. The lowest BCUT2D eigenvalue weighted by Gasteiger charge is -2.16. The summed E-state index contributed by atoms with van der Waals surface area (Å²) in [4.78, 5) is 13.4. The molecule has 1 heterocycles. The lowest BCUT2D eigenvalue weighted by atomic mass is 10.1. The Morgan fingerprint density at radius 3 is 2.50 bits per heavy atom. The van der Waals surface area contributed by atoms with E-state index in [9.17, 15) is 13.6 Å². The van der Waals surface area contributed by atoms with Gasteiger partial charge in [-0.1, -0.05) is 0 Å². The van der Waals surface area contributed by atoms with Crippen LogP contribution in [0.25, 0.3) is 0 Å². The molecule has 1 amide bonds. The van der Waals surface area contributed by atoms with Crippen LogP contribution in [0.3, 0.4) is 0 Å². The third-order valence-corrected chi connectivity index (χ3v) is 3.66. The van der Waals surface area contributed by atoms with Crippen LogP contribution in [0.1, 0.15) is 12.0 Å². The van der Waals surface area contributed by atoms with Gasteiger partial charge in [-0.2, -0.15) is 12.6 Å². The van der Waals surface area contributed by atoms with Crippen LogP contribution in [0.2, 0.25) is 0 Å². The van der Waals surface area contributed by atoms with Gasteiger partial charge >= 0.3 is 0 Å². The first kappa shape index (κ1) is 13.3. The number of carbonyl (C=O) groups is 1. The van der Waals surface area contributed by atoms with E-state index in [1.54, 1.807) is 4.90 Å². The summed E-state index contributed by atoms with van der Waals surface area (Å²) in [5.41, 5.74) is 0.578. The van der Waals surface area contributed by atoms with Gasteiger partial charge in [-0.05, 0) is 35.8 Å². The summed E-state index contributed by atoms with van der Waals surface area (Å²) in [6.07, 6.45) is 1.00. The van der Waals surface area contributed by atoms with E-state index in [0.29, 0.717) is 43.2 Å². The number of halogens is 2. The van der Waals surface area contributed by atoms with E-state index in [1.165, 1.54) is 12.1 Å². The summed E-state index contributed by atoms with van der Waals surface area (Å²) in [5.74, 6) is -0.0652. The number of nitrogens with zero attached hydrogens (tertiary/aromatic N) is 1. The summed E-state index contributed by atoms with van der Waals surface area (Å²) < 4.78 is 26.0. The molecule has 0 saturated carbocycles. The molecule has 2 nitrogen and oxygen atoms in total. The number of benzene rings is 1. The van der Waals surface area contributed by atoms with Gasteiger partial charge < -0.3 is 4.90 Å². The maximum Gasteiger partial charge on any atom is 0.222 e. The smallest absolute Gasteiger partial charge is 0.222 e. The molecule has 0 N–H and O–H groups in total. The first-order valence-electron chi connectivity index (χ1n) is 5.92. The minimum absolute atomic E-state index is 0.103. The second kappa shape index (κ2) is 5.69. The van der Waals surface area contributed by atoms with Crippen LogP contribution in [-0.2, 0) is 11.2 Å². The Bertz CT molecular complexity index is 432. The van der Waals surface area contributed by atoms with Crippen LogP contribution in [0.15, 0.2) is 18.2 Å². The zero-order valence-corrected chi connectivity index (χ0v) is 10.8. The topological polar surface area (TPSA) is 20.3 Å². The molecule has 5 heteroatoms. The predicted octanol–water partition coefficient (Wildman–Crippen LogP) is 2.29. The number of likely N-dealkylation sites (tertiary alicyclic amines) is 1. The fourth-order valence-electron chi connectivity index (χ4n) is 2.21. The zero-order valence-electron chi connectivity index (χ0n) is 9.90. The van der Waals surface area contributed by atoms with Crippen molar-refractivity contribution in [2.75, 3.05) is 18.8 Å². The van der Waals surface area contributed by atoms with Crippen molar-refractivity contribution in [3.8, 4) is 0 Å². The average molecular weight is 271 g/mol. The monoisotopic (exact) mass is 271 g/mol. The zero-order chi connectivity index (χ0) is 13.1. The Morgan fingerprint density at radius 1 is 1.28 bits per heavy atom. The van der Waals surface area contributed by atoms with Crippen molar-refractivity contribution in [3.05, 3.63) is 35.4 Å². The first-order chi connectivity index (χ1) is 8.58. The van der Waals surface area contributed by atoms with E-state index in [1.807, 2.05) is 0 Å². The SMILES string of the molecule is O=C1CC(CS)CN1CCc1cc(F)cc(F)c1. The Labute approximate surface area is 110 Å². The van der Waals surface area contributed by atoms with Gasteiger partial charge in [-0.15, -0.1) is 0 Å². The molecule has 1 aromatic rings. The normalized spacial score (nSPS) is 19.6. The highest BCUT2D eigenvalue weighted by atomic mass is 32.1. The van der Waals surface area contributed by atoms with E-state index >= 15 is 0 Å². The molecule has 98 valence electrons. The largest absolute Gasteiger partial charge is 0.342 e. The minimum atomic E-state index is -0.578. The molecule has 1 fully saturated rings. The quantitative estimate of drug-likeness (QED) is 0.833. The maximum absolute atomic E-state index is 13.0. The number of hydrogen-bond acceptors (Lipinski definition) is 2. The molecule has 1 unspecified atom stereocenters. The van der Waals surface area contributed by atoms with E-state index in [4.69, 9.17) is 0 Å². The van der Waals surface area contributed by atoms with Gasteiger partial charge in [-0.3, -0.25) is 4.79 Å². The molecule has 1 atom stereocenters. The average Bonchev–Trinajstić information content (AvgIpc) is 2.66. The Morgan fingerprint density at radius 2 is 1.94 bits per heavy atom. The summed E-state index contributed by atoms with van der Waals surface area (Å²) in [7, 11) is 0. The van der Waals surface area contributed by atoms with Crippen molar-refractivity contribution in [1.29, 1.82) is 0 Å². The van der Waals surface area contributed by atoms with Crippen molar-refractivity contribution < 1.29 is 13.6 Å². The third kappa shape index (κ3) is 3.22. The van der Waals surface area contributed by atoms with E-state index in [2.05, 4.69) is 12.6 Å². The molecule has 18 heavy (non-hydrogen) atoms. The Kier molecular flexibility index (Phi) is 4.22. The van der Waals surface area contributed by atoms with E-state index in [-0.39, 0.29) is 5.91 Å². The summed E-state index contributed by atoms with van der Waals surface area (Å²) in [5, 5.41) is 0. The number of carbonyl (C=O) groups excluding carboxylic acids is 1. The maximum atomic E-state index is 13.0. The van der Waals surface area contributed by atoms with Crippen molar-refractivity contribution in [3.63, 3.8) is 0 Å². The van der Waals surface area contributed by atoms with Gasteiger partial charge in [-0.25, -0.2) is 8.78 Å². The predicted molar refractivity (Wildman–Crippen MR) is 68.6 cm³/mol. The van der Waals surface area contributed by atoms with Crippen LogP contribution in [0.5, 0.6) is 0 Å². The van der Waals surface area contributed by atoms with Crippen molar-refractivity contribution in [2.45, 2.75) is 12.8 Å². The number of amides is 1. The second-order valence-electron chi connectivity index (χ2n) is 4.62. The fraction of sp³-hybridized carbons (Fsp3) is 0.462. The van der Waals surface area contributed by atoms with Crippen LogP contribution in [0, 0.1) is 17.6 Å². The van der Waals surface area contributed by atoms with Gasteiger partial charge in [0.2, 0.25) is 5.91 Å². The number of thiol groups is 1. The standard InChI is InChI=1S/C13H15F2NOS/c14-11-3-9(4-12(15)6-11)1-2-16-7-10(8-18)5-13(16)17/h3-4,6,10,18H,1-2,5,7-8H2. The van der Waals surface area contributed by atoms with E-state index < -0.39 is 11.6 Å². The lowest BCUT2D eigenvalue weighted by molar-refractivity contribution is -0.127. The molecule has 1 saturated heterocycles. The lowest BCUT2D eigenvalue weighted by Crippen LogP contribution is -2.27. The van der Waals surface area contributed by atoms with Gasteiger partial charge in [0.05, 0.1) is 0 Å². The summed E-state index contributed by atoms with van der Waals surface area (Å²) in [6, 6.07) is 3.46. The molecule has 0 bridgehead atoms. The molecule has 0 aliphatic carbocycles.